The maximum absolute atomic E-state index is 11.3. The Kier molecular flexibility index (Phi) is 5.13. The van der Waals surface area contributed by atoms with Crippen molar-refractivity contribution in [1.82, 2.24) is 0 Å². The van der Waals surface area contributed by atoms with Crippen LogP contribution in [0.15, 0.2) is 66.7 Å². The molecular weight excluding hydrogens is 248 g/mol. The molecule has 0 radical (unpaired) electrons. The summed E-state index contributed by atoms with van der Waals surface area (Å²) in [6.45, 7) is 0. The monoisotopic (exact) mass is 266 g/mol. The predicted molar refractivity (Wildman–Crippen MR) is 81.4 cm³/mol. The topological polar surface area (TPSA) is 37.3 Å². The summed E-state index contributed by atoms with van der Waals surface area (Å²) in [7, 11) is 0. The van der Waals surface area contributed by atoms with E-state index >= 15 is 0 Å². The number of benzene rings is 2. The van der Waals surface area contributed by atoms with E-state index in [9.17, 15) is 9.90 Å². The van der Waals surface area contributed by atoms with Gasteiger partial charge in [-0.1, -0.05) is 66.7 Å². The normalized spacial score (nSPS) is 11.3. The van der Waals surface area contributed by atoms with Crippen LogP contribution in [0.2, 0.25) is 0 Å². The molecule has 0 spiro atoms. The number of carboxylic acids is 1. The van der Waals surface area contributed by atoms with Gasteiger partial charge in [0.15, 0.2) is 0 Å². The van der Waals surface area contributed by atoms with Gasteiger partial charge in [-0.2, -0.15) is 0 Å². The molecule has 1 N–H and O–H groups in total. The molecule has 0 heterocycles. The molecule has 0 aliphatic rings. The quantitative estimate of drug-likeness (QED) is 0.629. The summed E-state index contributed by atoms with van der Waals surface area (Å²) in [6, 6.07) is 19.5. The molecule has 2 rings (SSSR count). The molecule has 2 heteroatoms. The first-order chi connectivity index (χ1) is 9.77. The molecule has 0 bridgehead atoms. The highest BCUT2D eigenvalue weighted by Gasteiger charge is 2.08. The number of aliphatic carboxylic acids is 1. The smallest absolute Gasteiger partial charge is 0.335 e. The second-order valence-electron chi connectivity index (χ2n) is 4.67. The molecule has 0 aliphatic carbocycles. The minimum absolute atomic E-state index is 0.388. The van der Waals surface area contributed by atoms with Gasteiger partial charge in [-0.15, -0.1) is 0 Å². The largest absolute Gasteiger partial charge is 0.478 e. The van der Waals surface area contributed by atoms with Crippen molar-refractivity contribution in [3.05, 3.63) is 77.9 Å². The minimum Gasteiger partial charge on any atom is -0.478 e. The van der Waals surface area contributed by atoms with E-state index in [2.05, 4.69) is 12.1 Å². The molecule has 20 heavy (non-hydrogen) atoms. The highest BCUT2D eigenvalue weighted by atomic mass is 16.4. The van der Waals surface area contributed by atoms with Crippen molar-refractivity contribution in [3.63, 3.8) is 0 Å². The molecule has 0 atom stereocenters. The Balaban J connectivity index is 1.96. The maximum Gasteiger partial charge on any atom is 0.335 e. The number of aryl methyl sites for hydroxylation is 1. The first-order valence-corrected chi connectivity index (χ1v) is 6.80. The second-order valence-corrected chi connectivity index (χ2v) is 4.67. The Morgan fingerprint density at radius 2 is 1.55 bits per heavy atom. The first-order valence-electron chi connectivity index (χ1n) is 6.80. The van der Waals surface area contributed by atoms with Gasteiger partial charge in [0.1, 0.15) is 0 Å². The van der Waals surface area contributed by atoms with Gasteiger partial charge in [-0.25, -0.2) is 4.79 Å². The lowest BCUT2D eigenvalue weighted by molar-refractivity contribution is -0.130. The van der Waals surface area contributed by atoms with Crippen LogP contribution < -0.4 is 0 Å². The van der Waals surface area contributed by atoms with E-state index in [4.69, 9.17) is 0 Å². The number of unbranched alkanes of at least 4 members (excludes halogenated alkanes) is 1. The molecule has 0 aliphatic heterocycles. The average Bonchev–Trinajstić information content (AvgIpc) is 2.49. The third kappa shape index (κ3) is 4.09. The van der Waals surface area contributed by atoms with Gasteiger partial charge in [0, 0.05) is 0 Å². The Labute approximate surface area is 119 Å². The van der Waals surface area contributed by atoms with Crippen molar-refractivity contribution in [3.8, 4) is 0 Å². The van der Waals surface area contributed by atoms with E-state index < -0.39 is 5.97 Å². The van der Waals surface area contributed by atoms with Gasteiger partial charge in [0.25, 0.3) is 0 Å². The molecule has 0 saturated carbocycles. The van der Waals surface area contributed by atoms with Crippen LogP contribution in [0.25, 0.3) is 5.57 Å². The highest BCUT2D eigenvalue weighted by Crippen LogP contribution is 2.16. The SMILES string of the molecule is O=C(O)C(=CCCCc1ccccc1)c1ccccc1. The number of carboxylic acid groups (broad SMARTS) is 1. The zero-order chi connectivity index (χ0) is 14.2. The van der Waals surface area contributed by atoms with Gasteiger partial charge in [0.2, 0.25) is 0 Å². The van der Waals surface area contributed by atoms with Crippen LogP contribution in [-0.2, 0) is 11.2 Å². The van der Waals surface area contributed by atoms with Crippen LogP contribution >= 0.6 is 0 Å². The Morgan fingerprint density at radius 1 is 0.950 bits per heavy atom. The van der Waals surface area contributed by atoms with Crippen LogP contribution in [0.1, 0.15) is 24.0 Å². The average molecular weight is 266 g/mol. The number of hydrogen-bond donors (Lipinski definition) is 1. The lowest BCUT2D eigenvalue weighted by Gasteiger charge is -2.03. The lowest BCUT2D eigenvalue weighted by Crippen LogP contribution is -1.99. The van der Waals surface area contributed by atoms with E-state index in [0.717, 1.165) is 24.8 Å². The van der Waals surface area contributed by atoms with E-state index in [-0.39, 0.29) is 0 Å². The molecule has 0 saturated heterocycles. The van der Waals surface area contributed by atoms with Gasteiger partial charge in [-0.05, 0) is 30.4 Å². The summed E-state index contributed by atoms with van der Waals surface area (Å²) in [4.78, 5) is 11.3. The first kappa shape index (κ1) is 14.1. The molecular formula is C18H18O2. The number of rotatable bonds is 6. The van der Waals surface area contributed by atoms with E-state index in [1.807, 2.05) is 54.6 Å². The molecule has 0 fully saturated rings. The van der Waals surface area contributed by atoms with Crippen LogP contribution in [-0.4, -0.2) is 11.1 Å². The maximum atomic E-state index is 11.3. The van der Waals surface area contributed by atoms with Gasteiger partial charge >= 0.3 is 5.97 Å². The summed E-state index contributed by atoms with van der Waals surface area (Å²) in [5.41, 5.74) is 2.44. The molecule has 2 aromatic carbocycles. The van der Waals surface area contributed by atoms with Crippen LogP contribution in [0.3, 0.4) is 0 Å². The van der Waals surface area contributed by atoms with Crippen molar-refractivity contribution in [2.45, 2.75) is 19.3 Å². The van der Waals surface area contributed by atoms with Crippen molar-refractivity contribution < 1.29 is 9.90 Å². The predicted octanol–water partition coefficient (Wildman–Crippen LogP) is 4.18. The van der Waals surface area contributed by atoms with Crippen LogP contribution in [0.5, 0.6) is 0 Å². The summed E-state index contributed by atoms with van der Waals surface area (Å²) >= 11 is 0. The van der Waals surface area contributed by atoms with E-state index in [1.165, 1.54) is 5.56 Å². The third-order valence-corrected chi connectivity index (χ3v) is 3.18. The summed E-state index contributed by atoms with van der Waals surface area (Å²) in [5, 5.41) is 9.27. The summed E-state index contributed by atoms with van der Waals surface area (Å²) < 4.78 is 0. The van der Waals surface area contributed by atoms with Gasteiger partial charge in [-0.3, -0.25) is 0 Å². The zero-order valence-electron chi connectivity index (χ0n) is 11.3. The highest BCUT2D eigenvalue weighted by molar-refractivity contribution is 6.15. The van der Waals surface area contributed by atoms with Crippen molar-refractivity contribution in [1.29, 1.82) is 0 Å². The minimum atomic E-state index is -0.865. The summed E-state index contributed by atoms with van der Waals surface area (Å²) in [6.07, 6.45) is 4.51. The Hall–Kier alpha value is -2.35. The molecule has 2 nitrogen and oxygen atoms in total. The molecule has 0 amide bonds. The van der Waals surface area contributed by atoms with Crippen LogP contribution in [0.4, 0.5) is 0 Å². The Morgan fingerprint density at radius 3 is 2.15 bits per heavy atom. The van der Waals surface area contributed by atoms with Crippen molar-refractivity contribution in [2.24, 2.45) is 0 Å². The standard InChI is InChI=1S/C18H18O2/c19-18(20)17(16-12-5-2-6-13-16)14-8-7-11-15-9-3-1-4-10-15/h1-6,9-10,12-14H,7-8,11H2,(H,19,20). The number of hydrogen-bond acceptors (Lipinski definition) is 1. The molecule has 102 valence electrons. The van der Waals surface area contributed by atoms with Gasteiger partial charge < -0.3 is 5.11 Å². The van der Waals surface area contributed by atoms with Gasteiger partial charge in [0.05, 0.1) is 5.57 Å². The summed E-state index contributed by atoms with van der Waals surface area (Å²) in [5.74, 6) is -0.865. The van der Waals surface area contributed by atoms with Crippen molar-refractivity contribution in [2.75, 3.05) is 0 Å². The molecule has 2 aromatic rings. The fourth-order valence-electron chi connectivity index (χ4n) is 2.14. The fourth-order valence-corrected chi connectivity index (χ4v) is 2.14. The van der Waals surface area contributed by atoms with Crippen LogP contribution in [0, 0.1) is 0 Å². The molecule has 0 aromatic heterocycles. The zero-order valence-corrected chi connectivity index (χ0v) is 11.3. The second kappa shape index (κ2) is 7.29. The Bertz CT molecular complexity index is 571. The fraction of sp³-hybridized carbons (Fsp3) is 0.167. The molecule has 0 unspecified atom stereocenters. The van der Waals surface area contributed by atoms with E-state index in [1.54, 1.807) is 0 Å². The third-order valence-electron chi connectivity index (χ3n) is 3.18. The number of carbonyl (C=O) groups is 1. The number of allylic oxidation sites excluding steroid dienone is 1. The van der Waals surface area contributed by atoms with Crippen molar-refractivity contribution >= 4 is 11.5 Å². The lowest BCUT2D eigenvalue weighted by atomic mass is 10.0. The van der Waals surface area contributed by atoms with E-state index in [0.29, 0.717) is 5.57 Å².